The van der Waals surface area contributed by atoms with Crippen molar-refractivity contribution < 1.29 is 110 Å². The summed E-state index contributed by atoms with van der Waals surface area (Å²) in [5.41, 5.74) is -40.9. The molecule has 0 radical (unpaired) electrons. The summed E-state index contributed by atoms with van der Waals surface area (Å²) in [4.78, 5) is 55.4. The summed E-state index contributed by atoms with van der Waals surface area (Å²) >= 11 is 0. The number of unbranched alkanes of at least 4 members (excludes halogenated alkanes) is 8. The monoisotopic (exact) mass is 1380 g/mol. The summed E-state index contributed by atoms with van der Waals surface area (Å²) < 4.78 is 89.0. The molecule has 13 N–H and O–H groups in total. The fourth-order valence-electron chi connectivity index (χ4n) is 15.7. The van der Waals surface area contributed by atoms with E-state index in [1.54, 1.807) is 6.08 Å². The lowest BCUT2D eigenvalue weighted by Gasteiger charge is -2.75. The highest BCUT2D eigenvalue weighted by Gasteiger charge is 2.86. The first-order valence-corrected chi connectivity index (χ1v) is 34.4. The first-order chi connectivity index (χ1) is 42.5. The number of nitrogens with one attached hydrogen (secondary N) is 4. The van der Waals surface area contributed by atoms with Crippen LogP contribution in [0.15, 0.2) is 24.3 Å². The van der Waals surface area contributed by atoms with Gasteiger partial charge in [-0.1, -0.05) is 50.8 Å². The van der Waals surface area contributed by atoms with Gasteiger partial charge in [-0.15, -0.1) is 0 Å². The van der Waals surface area contributed by atoms with Gasteiger partial charge >= 0.3 is 10.4 Å². The summed E-state index contributed by atoms with van der Waals surface area (Å²) in [5.74, 6) is -11.1. The van der Waals surface area contributed by atoms with Crippen molar-refractivity contribution in [2.75, 3.05) is 26.4 Å². The van der Waals surface area contributed by atoms with Crippen LogP contribution in [0.5, 0.6) is 0 Å². The maximum Gasteiger partial charge on any atom is 0.397 e. The molecule has 4 aliphatic heterocycles. The molecular weight excluding hydrogens is 1260 g/mol. The van der Waals surface area contributed by atoms with Crippen molar-refractivity contribution in [1.82, 2.24) is 21.3 Å². The largest absolute Gasteiger partial charge is 0.397 e. The number of rotatable bonds is 28. The lowest BCUT2D eigenvalue weighted by molar-refractivity contribution is -0.521. The Morgan fingerprint density at radius 3 is 1.07 bits per heavy atom. The van der Waals surface area contributed by atoms with Crippen molar-refractivity contribution in [2.45, 2.75) is 350 Å². The minimum Gasteiger partial charge on any atom is -0.393 e. The summed E-state index contributed by atoms with van der Waals surface area (Å²) in [6, 6.07) is 0. The summed E-state index contributed by atoms with van der Waals surface area (Å²) in [6.45, 7) is 28.1. The maximum atomic E-state index is 14.4. The van der Waals surface area contributed by atoms with E-state index in [-0.39, 0.29) is 0 Å². The molecule has 28 heteroatoms. The molecule has 4 saturated heterocycles. The minimum absolute atomic E-state index is 0.508. The number of ether oxygens (including phenoxy) is 7. The topological polar surface area (TPSA) is 406 Å². The summed E-state index contributed by atoms with van der Waals surface area (Å²) in [7, 11) is -5.28. The van der Waals surface area contributed by atoms with Crippen molar-refractivity contribution in [3.05, 3.63) is 24.3 Å². The zero-order valence-corrected chi connectivity index (χ0v) is 62.2. The highest BCUT2D eigenvalue weighted by Crippen LogP contribution is 2.66. The van der Waals surface area contributed by atoms with Crippen LogP contribution in [-0.4, -0.2) is 216 Å². The van der Waals surface area contributed by atoms with E-state index in [1.165, 1.54) is 178 Å². The van der Waals surface area contributed by atoms with Crippen LogP contribution < -0.4 is 21.3 Å². The Hall–Kier alpha value is -3.37. The van der Waals surface area contributed by atoms with Gasteiger partial charge < -0.3 is 95.3 Å². The second-order valence-electron chi connectivity index (χ2n) is 31.0. The normalized spacial score (nSPS) is 46.2. The molecule has 0 aliphatic carbocycles. The van der Waals surface area contributed by atoms with Crippen LogP contribution in [0.25, 0.3) is 0 Å². The Morgan fingerprint density at radius 2 is 0.726 bits per heavy atom. The predicted octanol–water partition coefficient (Wildman–Crippen LogP) is 4.54. The van der Waals surface area contributed by atoms with Gasteiger partial charge in [0.2, 0.25) is 23.6 Å². The summed E-state index contributed by atoms with van der Waals surface area (Å²) in [6.07, 6.45) is 17.1. The second-order valence-corrected chi connectivity index (χ2v) is 32.1. The molecule has 0 aromatic carbocycles. The Morgan fingerprint density at radius 1 is 0.411 bits per heavy atom. The zero-order chi connectivity index (χ0) is 74.0. The van der Waals surface area contributed by atoms with Crippen LogP contribution in [0.4, 0.5) is 0 Å². The van der Waals surface area contributed by atoms with E-state index in [9.17, 15) is 73.0 Å². The molecule has 0 saturated carbocycles. The number of allylic oxidation sites excluding steroid dienone is 3. The van der Waals surface area contributed by atoms with E-state index in [2.05, 4.69) is 40.3 Å². The SMILES string of the molecule is CCCCCC/C=C/CCCCC/C=C/C(=O)NC1(C)[C@](C)(O[C@]2(C)C(C)(CO)O[C@@](C)(O[C@]3(C)C(C)(CO)O[C@@](C)(O[C@]4(C)C(C)(COS(=O)(=O)O)OC(C)(C)C(C)(NC(C)=O)[C@@]4(C)O)C(C)(NC(C)=O)[C@@]3(C)O)C(C)(NC(C)=O)[C@@]2(C)O)OC(C)(CO)[C@@](C)(O)[C@]1(C)O. The van der Waals surface area contributed by atoms with Crippen molar-refractivity contribution in [2.24, 2.45) is 0 Å². The van der Waals surface area contributed by atoms with Crippen molar-refractivity contribution in [3.63, 3.8) is 0 Å². The molecule has 27 nitrogen and oxygen atoms in total. The highest BCUT2D eigenvalue weighted by molar-refractivity contribution is 7.80. The van der Waals surface area contributed by atoms with Gasteiger partial charge in [0, 0.05) is 20.8 Å². The lowest BCUT2D eigenvalue weighted by atomic mass is 9.55. The molecular formula is C67H120N4O23S. The molecule has 95 heavy (non-hydrogen) atoms. The van der Waals surface area contributed by atoms with E-state index in [4.69, 9.17) is 37.3 Å². The lowest BCUT2D eigenvalue weighted by Crippen LogP contribution is -2.95. The van der Waals surface area contributed by atoms with Crippen molar-refractivity contribution in [3.8, 4) is 0 Å². The Kier molecular flexibility index (Phi) is 23.8. The quantitative estimate of drug-likeness (QED) is 0.0221. The molecule has 8 unspecified atom stereocenters. The standard InChI is InChI=1S/C67H120N4O23S/c1-26-27-28-29-30-31-32-33-34-35-36-37-38-39-47(78)71-54(12)58(16,80)57(15,79)49(7,40-72)89-65(54,23)92-62(20)50(8,41-73)90-66(24,55(13,60(62,18)82)69-45(3)76)93-63(21)51(9,42-74)91-67(25,56(14,61(63,19)83)70-46(4)77)94-64(22)52(10,43-87-95(84,85)86)88-48(5,6)53(11,59(64,17)81)68-44(2)75/h31-32,38-39,72-74,79-83H,26-30,33-37,40-43H2,1-25H3,(H,68,75)(H,69,76)(H,70,77)(H,71,78)(H,84,85,86)/b32-31+,39-38+/t49?,50?,51?,52?,53?,54?,55?,56?,57-,58-,59-,60-,61-,62-,63-,64-,65+,66+,67+/m1/s1. The van der Waals surface area contributed by atoms with E-state index in [1.807, 2.05) is 0 Å². The van der Waals surface area contributed by atoms with E-state index < -0.39 is 173 Å². The van der Waals surface area contributed by atoms with Crippen molar-refractivity contribution in [1.29, 1.82) is 0 Å². The second kappa shape index (κ2) is 26.9. The molecule has 0 aromatic rings. The maximum absolute atomic E-state index is 14.4. The number of amides is 4. The molecule has 0 spiro atoms. The highest BCUT2D eigenvalue weighted by atomic mass is 32.3. The average molecular weight is 1380 g/mol. The third-order valence-electron chi connectivity index (χ3n) is 24.5. The molecule has 4 aliphatic rings. The van der Waals surface area contributed by atoms with Gasteiger partial charge in [0.25, 0.3) is 0 Å². The molecule has 19 atom stereocenters. The average Bonchev–Trinajstić information content (AvgIpc) is 0.665. The van der Waals surface area contributed by atoms with E-state index in [0.29, 0.717) is 6.42 Å². The third kappa shape index (κ3) is 13.0. The van der Waals surface area contributed by atoms with Crippen molar-refractivity contribution >= 4 is 34.0 Å². The molecule has 0 bridgehead atoms. The van der Waals surface area contributed by atoms with Gasteiger partial charge in [-0.25, -0.2) is 4.18 Å². The predicted molar refractivity (Wildman–Crippen MR) is 351 cm³/mol. The molecule has 4 fully saturated rings. The molecule has 552 valence electrons. The van der Waals surface area contributed by atoms with Crippen LogP contribution in [0, 0.1) is 0 Å². The first-order valence-electron chi connectivity index (χ1n) is 33.0. The van der Waals surface area contributed by atoms with Gasteiger partial charge in [0.05, 0.1) is 31.0 Å². The Bertz CT molecular complexity index is 3000. The first kappa shape index (κ1) is 84.0. The zero-order valence-electron chi connectivity index (χ0n) is 61.4. The number of carbonyl (C=O) groups excluding carboxylic acids is 4. The van der Waals surface area contributed by atoms with Gasteiger partial charge in [-0.3, -0.25) is 23.7 Å². The Balaban J connectivity index is 1.99. The van der Waals surface area contributed by atoms with Gasteiger partial charge in [0.1, 0.15) is 90.4 Å². The van der Waals surface area contributed by atoms with Gasteiger partial charge in [0.15, 0.2) is 17.4 Å². The fourth-order valence-corrected chi connectivity index (χ4v) is 16.1. The van der Waals surface area contributed by atoms with Crippen LogP contribution in [0.1, 0.15) is 237 Å². The third-order valence-corrected chi connectivity index (χ3v) is 24.9. The summed E-state index contributed by atoms with van der Waals surface area (Å²) in [5, 5.41) is 113. The van der Waals surface area contributed by atoms with Gasteiger partial charge in [-0.05, 0) is 190 Å². The van der Waals surface area contributed by atoms with Gasteiger partial charge in [-0.2, -0.15) is 8.42 Å². The number of aliphatic hydroxyl groups is 8. The minimum atomic E-state index is -5.28. The van der Waals surface area contributed by atoms with Crippen LogP contribution in [-0.2, 0) is 66.9 Å². The smallest absolute Gasteiger partial charge is 0.393 e. The molecule has 4 rings (SSSR count). The molecule has 4 heterocycles. The van der Waals surface area contributed by atoms with Crippen LogP contribution in [0.3, 0.4) is 0 Å². The number of carbonyl (C=O) groups is 4. The van der Waals surface area contributed by atoms with E-state index in [0.717, 1.165) is 52.4 Å². The Labute approximate surface area is 563 Å². The molecule has 4 amide bonds. The number of aliphatic hydroxyl groups excluding tert-OH is 3. The fraction of sp³-hybridized carbons (Fsp3) is 0.881. The van der Waals surface area contributed by atoms with Crippen LogP contribution >= 0.6 is 0 Å². The number of hydrogen-bond acceptors (Lipinski definition) is 22. The van der Waals surface area contributed by atoms with E-state index >= 15 is 0 Å². The number of hydrogen-bond donors (Lipinski definition) is 13. The molecule has 0 aromatic heterocycles. The van der Waals surface area contributed by atoms with Crippen LogP contribution in [0.2, 0.25) is 0 Å².